The highest BCUT2D eigenvalue weighted by atomic mass is 16.5. The van der Waals surface area contributed by atoms with Gasteiger partial charge in [-0.15, -0.1) is 0 Å². The first-order valence-electron chi connectivity index (χ1n) is 7.69. The molecular formula is C16H20N4O3. The predicted molar refractivity (Wildman–Crippen MR) is 85.9 cm³/mol. The zero-order valence-electron chi connectivity index (χ0n) is 12.9. The number of rotatable bonds is 3. The number of carbonyl (C=O) groups excluding carboxylic acids is 2. The van der Waals surface area contributed by atoms with Gasteiger partial charge in [0.05, 0.1) is 17.7 Å². The summed E-state index contributed by atoms with van der Waals surface area (Å²) in [7, 11) is 0. The standard InChI is InChI=1S/C16H20N4O3/c1-10(14-7-4-8-23-14)18-16(22)20-19-15(21)12-9-17-13-6-3-2-5-11(12)13/h2-3,5-6,9-10,14,17H,4,7-8H2,1H3,(H,19,21)(H2,18,20,22). The second kappa shape index (κ2) is 6.70. The smallest absolute Gasteiger partial charge is 0.333 e. The number of fused-ring (bicyclic) bond motifs is 1. The third kappa shape index (κ3) is 3.45. The summed E-state index contributed by atoms with van der Waals surface area (Å²) >= 11 is 0. The number of amides is 3. The Kier molecular flexibility index (Phi) is 4.47. The Morgan fingerprint density at radius 3 is 2.91 bits per heavy atom. The van der Waals surface area contributed by atoms with E-state index < -0.39 is 6.03 Å². The van der Waals surface area contributed by atoms with Gasteiger partial charge in [0.1, 0.15) is 0 Å². The molecule has 1 aromatic heterocycles. The summed E-state index contributed by atoms with van der Waals surface area (Å²) in [5.41, 5.74) is 6.13. The van der Waals surface area contributed by atoms with Gasteiger partial charge in [-0.3, -0.25) is 10.2 Å². The fourth-order valence-electron chi connectivity index (χ4n) is 2.77. The molecule has 1 fully saturated rings. The second-order valence-corrected chi connectivity index (χ2v) is 5.64. The molecule has 0 radical (unpaired) electrons. The van der Waals surface area contributed by atoms with Gasteiger partial charge in [0, 0.05) is 23.7 Å². The Morgan fingerprint density at radius 2 is 2.13 bits per heavy atom. The van der Waals surface area contributed by atoms with Crippen molar-refractivity contribution in [2.75, 3.05) is 6.61 Å². The van der Waals surface area contributed by atoms with Crippen LogP contribution in [-0.4, -0.2) is 35.7 Å². The topological polar surface area (TPSA) is 95.3 Å². The SMILES string of the molecule is CC(NC(=O)NNC(=O)c1c[nH]c2ccccc12)C1CCCO1. The van der Waals surface area contributed by atoms with E-state index in [4.69, 9.17) is 4.74 Å². The molecule has 7 heteroatoms. The van der Waals surface area contributed by atoms with E-state index >= 15 is 0 Å². The number of nitrogens with one attached hydrogen (secondary N) is 4. The summed E-state index contributed by atoms with van der Waals surface area (Å²) in [6, 6.07) is 6.91. The summed E-state index contributed by atoms with van der Waals surface area (Å²) < 4.78 is 5.51. The molecule has 2 heterocycles. The van der Waals surface area contributed by atoms with Crippen LogP contribution in [0.2, 0.25) is 0 Å². The van der Waals surface area contributed by atoms with Gasteiger partial charge in [0.25, 0.3) is 5.91 Å². The molecule has 3 rings (SSSR count). The minimum atomic E-state index is -0.457. The molecule has 0 spiro atoms. The third-order valence-electron chi connectivity index (χ3n) is 4.00. The molecule has 1 aliphatic heterocycles. The minimum absolute atomic E-state index is 0.0325. The number of H-pyrrole nitrogens is 1. The maximum Gasteiger partial charge on any atom is 0.333 e. The van der Waals surface area contributed by atoms with Crippen molar-refractivity contribution in [3.63, 3.8) is 0 Å². The molecule has 4 N–H and O–H groups in total. The Labute approximate surface area is 133 Å². The molecular weight excluding hydrogens is 296 g/mol. The molecule has 0 saturated carbocycles. The lowest BCUT2D eigenvalue weighted by molar-refractivity contribution is 0.0849. The van der Waals surface area contributed by atoms with E-state index in [1.54, 1.807) is 6.20 Å². The molecule has 2 unspecified atom stereocenters. The molecule has 7 nitrogen and oxygen atoms in total. The van der Waals surface area contributed by atoms with Crippen LogP contribution in [0.4, 0.5) is 4.79 Å². The number of aromatic amines is 1. The molecule has 3 amide bonds. The van der Waals surface area contributed by atoms with E-state index in [0.717, 1.165) is 30.4 Å². The molecule has 0 bridgehead atoms. The number of ether oxygens (including phenoxy) is 1. The number of para-hydroxylation sites is 1. The van der Waals surface area contributed by atoms with Crippen molar-refractivity contribution >= 4 is 22.8 Å². The van der Waals surface area contributed by atoms with Crippen LogP contribution >= 0.6 is 0 Å². The average molecular weight is 316 g/mol. The number of hydrogen-bond acceptors (Lipinski definition) is 3. The fourth-order valence-corrected chi connectivity index (χ4v) is 2.77. The molecule has 1 aromatic carbocycles. The van der Waals surface area contributed by atoms with Gasteiger partial charge in [-0.2, -0.15) is 0 Å². The van der Waals surface area contributed by atoms with Crippen molar-refractivity contribution in [1.29, 1.82) is 0 Å². The number of carbonyl (C=O) groups is 2. The first-order chi connectivity index (χ1) is 11.1. The summed E-state index contributed by atoms with van der Waals surface area (Å²) in [6.45, 7) is 2.62. The van der Waals surface area contributed by atoms with E-state index in [1.807, 2.05) is 31.2 Å². The van der Waals surface area contributed by atoms with Crippen LogP contribution < -0.4 is 16.2 Å². The number of hydrogen-bond donors (Lipinski definition) is 4. The van der Waals surface area contributed by atoms with Crippen LogP contribution in [0.15, 0.2) is 30.5 Å². The van der Waals surface area contributed by atoms with Gasteiger partial charge in [-0.1, -0.05) is 18.2 Å². The van der Waals surface area contributed by atoms with E-state index in [-0.39, 0.29) is 18.1 Å². The Balaban J connectivity index is 1.53. The van der Waals surface area contributed by atoms with Gasteiger partial charge in [0.2, 0.25) is 0 Å². The van der Waals surface area contributed by atoms with Crippen LogP contribution in [0.1, 0.15) is 30.1 Å². The van der Waals surface area contributed by atoms with Crippen molar-refractivity contribution in [3.05, 3.63) is 36.0 Å². The molecule has 1 aliphatic rings. The zero-order chi connectivity index (χ0) is 16.2. The molecule has 0 aliphatic carbocycles. The lowest BCUT2D eigenvalue weighted by Gasteiger charge is -2.20. The quantitative estimate of drug-likeness (QED) is 0.649. The van der Waals surface area contributed by atoms with Crippen molar-refractivity contribution in [3.8, 4) is 0 Å². The van der Waals surface area contributed by atoms with Crippen molar-refractivity contribution in [2.45, 2.75) is 31.9 Å². The monoisotopic (exact) mass is 316 g/mol. The predicted octanol–water partition coefficient (Wildman–Crippen LogP) is 1.68. The van der Waals surface area contributed by atoms with E-state index in [0.29, 0.717) is 5.56 Å². The van der Waals surface area contributed by atoms with E-state index in [2.05, 4.69) is 21.2 Å². The molecule has 2 atom stereocenters. The largest absolute Gasteiger partial charge is 0.376 e. The summed E-state index contributed by atoms with van der Waals surface area (Å²) in [5.74, 6) is -0.373. The molecule has 23 heavy (non-hydrogen) atoms. The lowest BCUT2D eigenvalue weighted by atomic mass is 10.1. The van der Waals surface area contributed by atoms with Gasteiger partial charge in [-0.25, -0.2) is 10.2 Å². The third-order valence-corrected chi connectivity index (χ3v) is 4.00. The maximum atomic E-state index is 12.2. The van der Waals surface area contributed by atoms with Crippen molar-refractivity contribution < 1.29 is 14.3 Å². The Bertz CT molecular complexity index is 706. The van der Waals surface area contributed by atoms with Crippen molar-refractivity contribution in [1.82, 2.24) is 21.2 Å². The van der Waals surface area contributed by atoms with Crippen LogP contribution in [0.25, 0.3) is 10.9 Å². The summed E-state index contributed by atoms with van der Waals surface area (Å²) in [5, 5.41) is 3.57. The van der Waals surface area contributed by atoms with E-state index in [1.165, 1.54) is 0 Å². The number of hydrazine groups is 1. The summed E-state index contributed by atoms with van der Waals surface area (Å²) in [6.07, 6.45) is 3.60. The molecule has 122 valence electrons. The fraction of sp³-hybridized carbons (Fsp3) is 0.375. The number of aromatic nitrogens is 1. The summed E-state index contributed by atoms with van der Waals surface area (Å²) in [4.78, 5) is 27.0. The van der Waals surface area contributed by atoms with Crippen molar-refractivity contribution in [2.24, 2.45) is 0 Å². The van der Waals surface area contributed by atoms with Gasteiger partial charge in [0.15, 0.2) is 0 Å². The first kappa shape index (κ1) is 15.4. The highest BCUT2D eigenvalue weighted by Crippen LogP contribution is 2.17. The van der Waals surface area contributed by atoms with Crippen LogP contribution in [-0.2, 0) is 4.74 Å². The number of benzene rings is 1. The van der Waals surface area contributed by atoms with Crippen LogP contribution in [0.3, 0.4) is 0 Å². The lowest BCUT2D eigenvalue weighted by Crippen LogP contribution is -2.51. The maximum absolute atomic E-state index is 12.2. The molecule has 1 saturated heterocycles. The van der Waals surface area contributed by atoms with Gasteiger partial charge in [-0.05, 0) is 25.8 Å². The zero-order valence-corrected chi connectivity index (χ0v) is 12.9. The number of urea groups is 1. The Hall–Kier alpha value is -2.54. The second-order valence-electron chi connectivity index (χ2n) is 5.64. The normalized spacial score (nSPS) is 18.6. The van der Waals surface area contributed by atoms with Gasteiger partial charge >= 0.3 is 6.03 Å². The Morgan fingerprint density at radius 1 is 1.30 bits per heavy atom. The average Bonchev–Trinajstić information content (AvgIpc) is 3.22. The first-order valence-corrected chi connectivity index (χ1v) is 7.69. The highest BCUT2D eigenvalue weighted by Gasteiger charge is 2.23. The van der Waals surface area contributed by atoms with Crippen LogP contribution in [0.5, 0.6) is 0 Å². The highest BCUT2D eigenvalue weighted by molar-refractivity contribution is 6.07. The molecule has 2 aromatic rings. The van der Waals surface area contributed by atoms with Gasteiger partial charge < -0.3 is 15.0 Å². The van der Waals surface area contributed by atoms with Crippen LogP contribution in [0, 0.1) is 0 Å². The van der Waals surface area contributed by atoms with E-state index in [9.17, 15) is 9.59 Å². The minimum Gasteiger partial charge on any atom is -0.376 e.